The molecule has 22 heavy (non-hydrogen) atoms. The monoisotopic (exact) mass is 297 g/mol. The second-order valence-corrected chi connectivity index (χ2v) is 5.20. The van der Waals surface area contributed by atoms with E-state index in [4.69, 9.17) is 10.00 Å². The maximum atomic E-state index is 12.1. The topological polar surface area (TPSA) is 67.9 Å². The number of hydrogen-bond donors (Lipinski definition) is 0. The smallest absolute Gasteiger partial charge is 0.271 e. The fourth-order valence-electron chi connectivity index (χ4n) is 2.14. The first-order valence-corrected chi connectivity index (χ1v) is 7.30. The average Bonchev–Trinajstić information content (AvgIpc) is 2.50. The van der Waals surface area contributed by atoms with Crippen LogP contribution in [0, 0.1) is 11.3 Å². The summed E-state index contributed by atoms with van der Waals surface area (Å²) in [7, 11) is 0. The lowest BCUT2D eigenvalue weighted by Gasteiger charge is -2.11. The number of ether oxygens (including phenoxy) is 1. The van der Waals surface area contributed by atoms with Gasteiger partial charge in [-0.2, -0.15) is 10.4 Å². The Kier molecular flexibility index (Phi) is 4.95. The van der Waals surface area contributed by atoms with Gasteiger partial charge >= 0.3 is 0 Å². The van der Waals surface area contributed by atoms with Gasteiger partial charge < -0.3 is 4.74 Å². The SMILES string of the molecule is CCn1nc(-c2ccc(OC(C)C)cc2)cc(CC#N)c1=O. The molecule has 0 bridgehead atoms. The number of aromatic nitrogens is 2. The third kappa shape index (κ3) is 3.53. The summed E-state index contributed by atoms with van der Waals surface area (Å²) in [5, 5.41) is 13.2. The molecule has 1 aromatic carbocycles. The highest BCUT2D eigenvalue weighted by atomic mass is 16.5. The molecular weight excluding hydrogens is 278 g/mol. The molecule has 1 heterocycles. The van der Waals surface area contributed by atoms with Gasteiger partial charge in [0, 0.05) is 17.7 Å². The summed E-state index contributed by atoms with van der Waals surface area (Å²) >= 11 is 0. The molecule has 0 saturated carbocycles. The van der Waals surface area contributed by atoms with Crippen molar-refractivity contribution in [1.29, 1.82) is 5.26 Å². The summed E-state index contributed by atoms with van der Waals surface area (Å²) in [6.07, 6.45) is 0.205. The van der Waals surface area contributed by atoms with E-state index in [1.54, 1.807) is 6.07 Å². The first-order chi connectivity index (χ1) is 10.5. The minimum atomic E-state index is -0.201. The van der Waals surface area contributed by atoms with Gasteiger partial charge in [0.05, 0.1) is 24.3 Å². The first kappa shape index (κ1) is 15.8. The van der Waals surface area contributed by atoms with Gasteiger partial charge in [0.2, 0.25) is 0 Å². The molecule has 5 heteroatoms. The van der Waals surface area contributed by atoms with Crippen LogP contribution in [0.3, 0.4) is 0 Å². The summed E-state index contributed by atoms with van der Waals surface area (Å²) in [4.78, 5) is 12.1. The Hall–Kier alpha value is -2.61. The van der Waals surface area contributed by atoms with Crippen molar-refractivity contribution in [2.75, 3.05) is 0 Å². The summed E-state index contributed by atoms with van der Waals surface area (Å²) < 4.78 is 7.00. The molecule has 2 aromatic rings. The van der Waals surface area contributed by atoms with Crippen molar-refractivity contribution in [1.82, 2.24) is 9.78 Å². The van der Waals surface area contributed by atoms with Crippen molar-refractivity contribution in [2.24, 2.45) is 0 Å². The zero-order valence-corrected chi connectivity index (χ0v) is 13.0. The molecule has 1 aromatic heterocycles. The molecule has 5 nitrogen and oxygen atoms in total. The van der Waals surface area contributed by atoms with Gasteiger partial charge in [-0.25, -0.2) is 4.68 Å². The predicted octanol–water partition coefficient (Wildman–Crippen LogP) is 2.78. The maximum Gasteiger partial charge on any atom is 0.271 e. The van der Waals surface area contributed by atoms with Gasteiger partial charge in [-0.1, -0.05) is 0 Å². The normalized spacial score (nSPS) is 10.5. The molecule has 0 spiro atoms. The molecular formula is C17H19N3O2. The number of benzene rings is 1. The van der Waals surface area contributed by atoms with Crippen LogP contribution in [-0.4, -0.2) is 15.9 Å². The Balaban J connectivity index is 2.41. The van der Waals surface area contributed by atoms with Crippen molar-refractivity contribution in [3.05, 3.63) is 46.2 Å². The lowest BCUT2D eigenvalue weighted by Crippen LogP contribution is -2.25. The Labute approximate surface area is 129 Å². The standard InChI is InChI=1S/C17H19N3O2/c1-4-20-17(21)14(9-10-18)11-16(19-20)13-5-7-15(8-6-13)22-12(2)3/h5-8,11-12H,4,9H2,1-3H3. The lowest BCUT2D eigenvalue weighted by molar-refractivity contribution is 0.242. The number of rotatable bonds is 5. The third-order valence-corrected chi connectivity index (χ3v) is 3.14. The van der Waals surface area contributed by atoms with E-state index in [-0.39, 0.29) is 18.1 Å². The molecule has 0 aliphatic rings. The van der Waals surface area contributed by atoms with Crippen LogP contribution in [0.2, 0.25) is 0 Å². The summed E-state index contributed by atoms with van der Waals surface area (Å²) in [5.74, 6) is 0.791. The molecule has 0 fully saturated rings. The van der Waals surface area contributed by atoms with Crippen LogP contribution < -0.4 is 10.3 Å². The average molecular weight is 297 g/mol. The number of nitriles is 1. The molecule has 0 radical (unpaired) electrons. The highest BCUT2D eigenvalue weighted by molar-refractivity contribution is 5.60. The number of nitrogens with zero attached hydrogens (tertiary/aromatic N) is 3. The van der Waals surface area contributed by atoms with Crippen LogP contribution in [0.5, 0.6) is 5.75 Å². The van der Waals surface area contributed by atoms with Crippen molar-refractivity contribution in [3.63, 3.8) is 0 Å². The Bertz CT molecular complexity index is 740. The van der Waals surface area contributed by atoms with Crippen molar-refractivity contribution < 1.29 is 4.74 Å². The largest absolute Gasteiger partial charge is 0.491 e. The van der Waals surface area contributed by atoms with Crippen LogP contribution in [-0.2, 0) is 13.0 Å². The molecule has 2 rings (SSSR count). The van der Waals surface area contributed by atoms with Gasteiger partial charge in [-0.05, 0) is 51.1 Å². The number of hydrogen-bond acceptors (Lipinski definition) is 4. The van der Waals surface area contributed by atoms with Crippen molar-refractivity contribution in [3.8, 4) is 23.1 Å². The van der Waals surface area contributed by atoms with E-state index in [0.717, 1.165) is 11.3 Å². The van der Waals surface area contributed by atoms with E-state index in [1.807, 2.05) is 51.1 Å². The first-order valence-electron chi connectivity index (χ1n) is 7.30. The van der Waals surface area contributed by atoms with E-state index >= 15 is 0 Å². The molecule has 0 atom stereocenters. The predicted molar refractivity (Wildman–Crippen MR) is 84.7 cm³/mol. The zero-order valence-electron chi connectivity index (χ0n) is 13.0. The highest BCUT2D eigenvalue weighted by Gasteiger charge is 2.09. The fraction of sp³-hybridized carbons (Fsp3) is 0.353. The Morgan fingerprint density at radius 2 is 2.00 bits per heavy atom. The van der Waals surface area contributed by atoms with Crippen LogP contribution in [0.15, 0.2) is 35.1 Å². The minimum absolute atomic E-state index is 0.0862. The highest BCUT2D eigenvalue weighted by Crippen LogP contribution is 2.21. The minimum Gasteiger partial charge on any atom is -0.491 e. The maximum absolute atomic E-state index is 12.1. The van der Waals surface area contributed by atoms with E-state index < -0.39 is 0 Å². The van der Waals surface area contributed by atoms with Gasteiger partial charge in [0.1, 0.15) is 5.75 Å². The lowest BCUT2D eigenvalue weighted by atomic mass is 10.1. The second-order valence-electron chi connectivity index (χ2n) is 5.20. The van der Waals surface area contributed by atoms with Gasteiger partial charge in [-0.15, -0.1) is 0 Å². The summed E-state index contributed by atoms with van der Waals surface area (Å²) in [6, 6.07) is 11.3. The van der Waals surface area contributed by atoms with E-state index in [2.05, 4.69) is 5.10 Å². The van der Waals surface area contributed by atoms with E-state index in [1.165, 1.54) is 4.68 Å². The van der Waals surface area contributed by atoms with Gasteiger partial charge in [0.25, 0.3) is 5.56 Å². The van der Waals surface area contributed by atoms with Crippen LogP contribution in [0.25, 0.3) is 11.3 Å². The van der Waals surface area contributed by atoms with Crippen molar-refractivity contribution in [2.45, 2.75) is 39.8 Å². The van der Waals surface area contributed by atoms with Gasteiger partial charge in [0.15, 0.2) is 0 Å². The molecule has 114 valence electrons. The van der Waals surface area contributed by atoms with Crippen LogP contribution in [0.1, 0.15) is 26.3 Å². The quantitative estimate of drug-likeness (QED) is 0.851. The van der Waals surface area contributed by atoms with Crippen LogP contribution in [0.4, 0.5) is 0 Å². The van der Waals surface area contributed by atoms with Gasteiger partial charge in [-0.3, -0.25) is 4.79 Å². The zero-order chi connectivity index (χ0) is 16.1. The molecule has 0 amide bonds. The molecule has 0 N–H and O–H groups in total. The summed E-state index contributed by atoms with van der Waals surface area (Å²) in [6.45, 7) is 6.27. The van der Waals surface area contributed by atoms with E-state index in [9.17, 15) is 4.79 Å². The Morgan fingerprint density at radius 1 is 1.32 bits per heavy atom. The number of aryl methyl sites for hydroxylation is 1. The molecule has 0 aliphatic carbocycles. The second kappa shape index (κ2) is 6.90. The Morgan fingerprint density at radius 3 is 2.55 bits per heavy atom. The fourth-order valence-corrected chi connectivity index (χ4v) is 2.14. The van der Waals surface area contributed by atoms with E-state index in [0.29, 0.717) is 17.8 Å². The summed E-state index contributed by atoms with van der Waals surface area (Å²) in [5.41, 5.74) is 1.84. The molecule has 0 saturated heterocycles. The third-order valence-electron chi connectivity index (χ3n) is 3.14. The van der Waals surface area contributed by atoms with Crippen LogP contribution >= 0.6 is 0 Å². The van der Waals surface area contributed by atoms with Crippen molar-refractivity contribution >= 4 is 0 Å². The molecule has 0 aliphatic heterocycles. The molecule has 0 unspecified atom stereocenters.